The maximum Gasteiger partial charge on any atom is 0.338 e. The molecule has 1 aromatic rings. The number of hydrogen-bond donors (Lipinski definition) is 2. The maximum atomic E-state index is 11.3. The molecule has 1 rings (SSSR count). The molecule has 0 aliphatic rings. The van der Waals surface area contributed by atoms with E-state index in [0.29, 0.717) is 0 Å². The van der Waals surface area contributed by atoms with Gasteiger partial charge < -0.3 is 9.84 Å². The van der Waals surface area contributed by atoms with E-state index in [9.17, 15) is 13.2 Å². The van der Waals surface area contributed by atoms with E-state index in [1.807, 2.05) is 0 Å². The van der Waals surface area contributed by atoms with E-state index in [4.69, 9.17) is 9.66 Å². The van der Waals surface area contributed by atoms with E-state index in [1.165, 1.54) is 63.5 Å². The first-order valence-electron chi connectivity index (χ1n) is 12.5. The molecule has 33 heavy (non-hydrogen) atoms. The minimum Gasteiger partial charge on any atom is -0.460 e. The van der Waals surface area contributed by atoms with Gasteiger partial charge in [0.25, 0.3) is 10.1 Å². The molecule has 0 saturated carbocycles. The molecule has 1 aromatic carbocycles. The smallest absolute Gasteiger partial charge is 0.338 e. The van der Waals surface area contributed by atoms with Crippen molar-refractivity contribution >= 4 is 23.3 Å². The fourth-order valence-corrected chi connectivity index (χ4v) is 10.4. The van der Waals surface area contributed by atoms with Crippen molar-refractivity contribution in [3.05, 3.63) is 29.8 Å². The number of rotatable bonds is 16. The summed E-state index contributed by atoms with van der Waals surface area (Å²) in [6, 6.07) is 4.79. The van der Waals surface area contributed by atoms with Crippen molar-refractivity contribution in [3.8, 4) is 0 Å². The molecule has 0 amide bonds. The molecule has 0 saturated heterocycles. The van der Waals surface area contributed by atoms with Gasteiger partial charge in [0.15, 0.2) is 0 Å². The van der Waals surface area contributed by atoms with Gasteiger partial charge >= 0.3 is 117 Å². The summed E-state index contributed by atoms with van der Waals surface area (Å²) in [5.41, 5.74) is -0.0106. The zero-order valence-electron chi connectivity index (χ0n) is 21.1. The molecule has 6 nitrogen and oxygen atoms in total. The van der Waals surface area contributed by atoms with Gasteiger partial charge in [-0.25, -0.2) is 4.79 Å². The average Bonchev–Trinajstić information content (AvgIpc) is 2.81. The van der Waals surface area contributed by atoms with Gasteiger partial charge in [-0.3, -0.25) is 4.55 Å². The Hall–Kier alpha value is -1.01. The molecule has 0 aliphatic heterocycles. The molecule has 8 heteroatoms. The largest absolute Gasteiger partial charge is 0.460 e. The standard InChI is InChI=1S/C16H37P.C9H10O6S/c1-5-9-13-17(14-10-6-2,15-11-7-3)16-12-8-4;10-4-5-15-9(11)7-2-1-3-8(6-7)16(12,13)14/h17H,5-16H2,1-4H3;1-3,6,10H,4-5H2,(H,12,13,14). The number of esters is 1. The van der Waals surface area contributed by atoms with Gasteiger partial charge in [0.2, 0.25) is 0 Å². The van der Waals surface area contributed by atoms with Crippen LogP contribution >= 0.6 is 7.26 Å². The van der Waals surface area contributed by atoms with Gasteiger partial charge in [-0.15, -0.1) is 0 Å². The molecular formula is C25H47O6PS. The molecule has 0 aromatic heterocycles. The Morgan fingerprint density at radius 2 is 1.33 bits per heavy atom. The van der Waals surface area contributed by atoms with Gasteiger partial charge in [0.1, 0.15) is 6.61 Å². The maximum absolute atomic E-state index is 11.3. The van der Waals surface area contributed by atoms with Crippen molar-refractivity contribution in [2.45, 2.75) is 84.0 Å². The number of ether oxygens (including phenoxy) is 1. The van der Waals surface area contributed by atoms with Crippen molar-refractivity contribution in [2.75, 3.05) is 37.9 Å². The van der Waals surface area contributed by atoms with Crippen LogP contribution in [0.2, 0.25) is 0 Å². The van der Waals surface area contributed by atoms with E-state index in [2.05, 4.69) is 32.4 Å². The minimum absolute atomic E-state index is 0.0106. The molecule has 2 N–H and O–H groups in total. The molecule has 0 fully saturated rings. The molecule has 0 radical (unpaired) electrons. The summed E-state index contributed by atoms with van der Waals surface area (Å²) in [5.74, 6) is -0.764. The summed E-state index contributed by atoms with van der Waals surface area (Å²) < 4.78 is 34.9. The summed E-state index contributed by atoms with van der Waals surface area (Å²) >= 11 is 0. The Morgan fingerprint density at radius 3 is 1.70 bits per heavy atom. The Kier molecular flexibility index (Phi) is 17.8. The van der Waals surface area contributed by atoms with Gasteiger partial charge in [-0.2, -0.15) is 8.42 Å². The quantitative estimate of drug-likeness (QED) is 0.162. The SMILES string of the molecule is CCCC[PH](CCCC)(CCCC)CCCC.O=C(OCCO)c1cccc(S(=O)(=O)O)c1. The molecule has 0 atom stereocenters. The second-order valence-corrected chi connectivity index (χ2v) is 15.2. The monoisotopic (exact) mass is 506 g/mol. The number of aliphatic hydroxyl groups is 1. The van der Waals surface area contributed by atoms with Crippen LogP contribution in [0.1, 0.15) is 89.4 Å². The summed E-state index contributed by atoms with van der Waals surface area (Å²) in [4.78, 5) is 10.9. The molecule has 0 bridgehead atoms. The van der Waals surface area contributed by atoms with Gasteiger partial charge in [0.05, 0.1) is 17.1 Å². The topological polar surface area (TPSA) is 101 Å². The Labute approximate surface area is 202 Å². The first-order valence-corrected chi connectivity index (χ1v) is 16.8. The van der Waals surface area contributed by atoms with Crippen LogP contribution in [-0.4, -0.2) is 61.9 Å². The number of aliphatic hydroxyl groups excluding tert-OH is 1. The summed E-state index contributed by atoms with van der Waals surface area (Å²) in [5, 5.41) is 8.43. The summed E-state index contributed by atoms with van der Waals surface area (Å²) in [6.07, 6.45) is 18.1. The van der Waals surface area contributed by atoms with E-state index in [-0.39, 0.29) is 23.7 Å². The third kappa shape index (κ3) is 14.1. The van der Waals surface area contributed by atoms with Crippen molar-refractivity contribution < 1.29 is 27.6 Å². The van der Waals surface area contributed by atoms with E-state index >= 15 is 0 Å². The fraction of sp³-hybridized carbons (Fsp3) is 0.720. The molecule has 0 aliphatic carbocycles. The van der Waals surface area contributed by atoms with Gasteiger partial charge in [-0.05, 0) is 18.2 Å². The normalized spacial score (nSPS) is 12.1. The van der Waals surface area contributed by atoms with Crippen LogP contribution in [-0.2, 0) is 14.9 Å². The number of unbranched alkanes of at least 4 members (excludes halogenated alkanes) is 4. The average molecular weight is 507 g/mol. The van der Waals surface area contributed by atoms with Crippen LogP contribution in [0.4, 0.5) is 0 Å². The van der Waals surface area contributed by atoms with Crippen LogP contribution < -0.4 is 0 Å². The number of carbonyl (C=O) groups is 1. The van der Waals surface area contributed by atoms with Crippen molar-refractivity contribution in [1.82, 2.24) is 0 Å². The molecule has 0 heterocycles. The van der Waals surface area contributed by atoms with E-state index in [0.717, 1.165) is 12.1 Å². The molecule has 0 unspecified atom stereocenters. The van der Waals surface area contributed by atoms with Crippen LogP contribution in [0.15, 0.2) is 29.2 Å². The van der Waals surface area contributed by atoms with Crippen LogP contribution in [0.5, 0.6) is 0 Å². The van der Waals surface area contributed by atoms with Crippen molar-refractivity contribution in [3.63, 3.8) is 0 Å². The summed E-state index contributed by atoms with van der Waals surface area (Å²) in [6.45, 7) is 8.95. The second kappa shape index (κ2) is 18.3. The predicted octanol–water partition coefficient (Wildman–Crippen LogP) is 6.02. The molecule has 194 valence electrons. The Morgan fingerprint density at radius 1 is 0.879 bits per heavy atom. The zero-order valence-corrected chi connectivity index (χ0v) is 23.0. The predicted molar refractivity (Wildman–Crippen MR) is 141 cm³/mol. The van der Waals surface area contributed by atoms with E-state index in [1.54, 1.807) is 24.6 Å². The first kappa shape index (κ1) is 32.0. The fourth-order valence-electron chi connectivity index (χ4n) is 3.96. The third-order valence-electron chi connectivity index (χ3n) is 5.93. The summed E-state index contributed by atoms with van der Waals surface area (Å²) in [7, 11) is -5.22. The third-order valence-corrected chi connectivity index (χ3v) is 12.4. The van der Waals surface area contributed by atoms with Gasteiger partial charge in [0, 0.05) is 0 Å². The first-order chi connectivity index (χ1) is 15.7. The number of carbonyl (C=O) groups excluding carboxylic acids is 1. The zero-order chi connectivity index (χ0) is 25.2. The second-order valence-electron chi connectivity index (χ2n) is 8.78. The molecule has 0 spiro atoms. The number of hydrogen-bond acceptors (Lipinski definition) is 5. The van der Waals surface area contributed by atoms with Crippen LogP contribution in [0.3, 0.4) is 0 Å². The van der Waals surface area contributed by atoms with Crippen molar-refractivity contribution in [1.29, 1.82) is 0 Å². The van der Waals surface area contributed by atoms with E-state index < -0.39 is 23.3 Å². The molecular weight excluding hydrogens is 459 g/mol. The Bertz CT molecular complexity index is 714. The van der Waals surface area contributed by atoms with Crippen LogP contribution in [0, 0.1) is 0 Å². The van der Waals surface area contributed by atoms with Crippen LogP contribution in [0.25, 0.3) is 0 Å². The number of benzene rings is 1. The van der Waals surface area contributed by atoms with Crippen molar-refractivity contribution in [2.24, 2.45) is 0 Å². The Balaban J connectivity index is 0.000000621. The minimum atomic E-state index is -4.34. The van der Waals surface area contributed by atoms with Gasteiger partial charge in [-0.1, -0.05) is 6.07 Å².